The van der Waals surface area contributed by atoms with E-state index in [1.807, 2.05) is 48.7 Å². The summed E-state index contributed by atoms with van der Waals surface area (Å²) < 4.78 is 2.00. The Bertz CT molecular complexity index is 1210. The molecule has 29 heavy (non-hydrogen) atoms. The number of aromatic amines is 2. The SMILES string of the molecule is Cc1nnc(S[C@@H](C)C(=O)Nc2ccc3[nH]c(=O)[nH]c3c2)n1Cc1ccccc1. The maximum absolute atomic E-state index is 12.7. The number of carbonyl (C=O) groups excluding carboxylic acids is 1. The molecule has 0 saturated heterocycles. The summed E-state index contributed by atoms with van der Waals surface area (Å²) in [4.78, 5) is 29.4. The van der Waals surface area contributed by atoms with E-state index in [0.29, 0.717) is 28.4 Å². The van der Waals surface area contributed by atoms with Crippen LogP contribution >= 0.6 is 11.8 Å². The van der Waals surface area contributed by atoms with Gasteiger partial charge in [0.2, 0.25) is 5.91 Å². The second-order valence-corrected chi connectivity index (χ2v) is 8.00. The number of nitrogens with zero attached hydrogens (tertiary/aromatic N) is 3. The van der Waals surface area contributed by atoms with Gasteiger partial charge in [-0.2, -0.15) is 0 Å². The fraction of sp³-hybridized carbons (Fsp3) is 0.200. The average Bonchev–Trinajstić information content (AvgIpc) is 3.24. The Morgan fingerprint density at radius 3 is 2.69 bits per heavy atom. The lowest BCUT2D eigenvalue weighted by atomic mass is 10.2. The molecule has 0 unspecified atom stereocenters. The molecule has 0 saturated carbocycles. The molecule has 0 spiro atoms. The van der Waals surface area contributed by atoms with E-state index < -0.39 is 0 Å². The Hall–Kier alpha value is -3.33. The van der Waals surface area contributed by atoms with Crippen LogP contribution in [-0.2, 0) is 11.3 Å². The van der Waals surface area contributed by atoms with E-state index >= 15 is 0 Å². The molecule has 3 N–H and O–H groups in total. The van der Waals surface area contributed by atoms with Crippen LogP contribution in [0.4, 0.5) is 5.69 Å². The van der Waals surface area contributed by atoms with Crippen molar-refractivity contribution in [3.8, 4) is 0 Å². The lowest BCUT2D eigenvalue weighted by Crippen LogP contribution is -2.23. The average molecular weight is 408 g/mol. The number of hydrogen-bond acceptors (Lipinski definition) is 5. The van der Waals surface area contributed by atoms with Crippen LogP contribution in [0.15, 0.2) is 58.5 Å². The van der Waals surface area contributed by atoms with Gasteiger partial charge in [0.15, 0.2) is 5.16 Å². The number of carbonyl (C=O) groups is 1. The quantitative estimate of drug-likeness (QED) is 0.425. The molecule has 0 bridgehead atoms. The van der Waals surface area contributed by atoms with Crippen molar-refractivity contribution >= 4 is 34.4 Å². The Morgan fingerprint density at radius 2 is 1.90 bits per heavy atom. The largest absolute Gasteiger partial charge is 0.325 e. The molecule has 1 atom stereocenters. The molecular formula is C20H20N6O2S. The minimum Gasteiger partial charge on any atom is -0.325 e. The summed E-state index contributed by atoms with van der Waals surface area (Å²) in [7, 11) is 0. The third-order valence-corrected chi connectivity index (χ3v) is 5.60. The number of rotatable bonds is 6. The molecular weight excluding hydrogens is 388 g/mol. The van der Waals surface area contributed by atoms with Gasteiger partial charge in [-0.25, -0.2) is 4.79 Å². The monoisotopic (exact) mass is 408 g/mol. The van der Waals surface area contributed by atoms with Crippen molar-refractivity contribution in [2.45, 2.75) is 30.8 Å². The molecule has 0 aliphatic carbocycles. The molecule has 2 aromatic heterocycles. The number of thioether (sulfide) groups is 1. The van der Waals surface area contributed by atoms with Crippen molar-refractivity contribution in [1.29, 1.82) is 0 Å². The Morgan fingerprint density at radius 1 is 1.14 bits per heavy atom. The van der Waals surface area contributed by atoms with E-state index in [1.54, 1.807) is 18.2 Å². The summed E-state index contributed by atoms with van der Waals surface area (Å²) in [5.41, 5.74) is 2.82. The number of aromatic nitrogens is 5. The van der Waals surface area contributed by atoms with Gasteiger partial charge in [-0.15, -0.1) is 10.2 Å². The van der Waals surface area contributed by atoms with E-state index in [1.165, 1.54) is 11.8 Å². The van der Waals surface area contributed by atoms with Crippen LogP contribution in [0.5, 0.6) is 0 Å². The molecule has 0 fully saturated rings. The number of fused-ring (bicyclic) bond motifs is 1. The van der Waals surface area contributed by atoms with Gasteiger partial charge >= 0.3 is 5.69 Å². The highest BCUT2D eigenvalue weighted by atomic mass is 32.2. The normalized spacial score (nSPS) is 12.2. The second kappa shape index (κ2) is 7.96. The summed E-state index contributed by atoms with van der Waals surface area (Å²) in [6.45, 7) is 4.37. The molecule has 4 aromatic rings. The summed E-state index contributed by atoms with van der Waals surface area (Å²) in [6.07, 6.45) is 0. The minimum absolute atomic E-state index is 0.154. The molecule has 0 aliphatic rings. The predicted molar refractivity (Wildman–Crippen MR) is 113 cm³/mol. The van der Waals surface area contributed by atoms with Crippen LogP contribution in [0.25, 0.3) is 11.0 Å². The molecule has 8 nitrogen and oxygen atoms in total. The Labute approximate surface area is 170 Å². The topological polar surface area (TPSA) is 108 Å². The zero-order chi connectivity index (χ0) is 20.4. The van der Waals surface area contributed by atoms with Crippen LogP contribution in [0, 0.1) is 6.92 Å². The highest BCUT2D eigenvalue weighted by Gasteiger charge is 2.19. The first-order valence-corrected chi connectivity index (χ1v) is 10.0. The third kappa shape index (κ3) is 4.24. The van der Waals surface area contributed by atoms with Gasteiger partial charge in [-0.05, 0) is 37.6 Å². The van der Waals surface area contributed by atoms with Crippen molar-refractivity contribution in [1.82, 2.24) is 24.7 Å². The molecule has 0 aliphatic heterocycles. The number of benzene rings is 2. The zero-order valence-electron chi connectivity index (χ0n) is 16.0. The summed E-state index contributed by atoms with van der Waals surface area (Å²) in [5.74, 6) is 0.643. The molecule has 1 amide bonds. The zero-order valence-corrected chi connectivity index (χ0v) is 16.8. The molecule has 148 valence electrons. The predicted octanol–water partition coefficient (Wildman–Crippen LogP) is 2.92. The van der Waals surface area contributed by atoms with E-state index in [4.69, 9.17) is 0 Å². The van der Waals surface area contributed by atoms with Gasteiger partial charge in [0.05, 0.1) is 22.8 Å². The van der Waals surface area contributed by atoms with E-state index in [9.17, 15) is 9.59 Å². The number of imidazole rings is 1. The van der Waals surface area contributed by atoms with Crippen molar-refractivity contribution < 1.29 is 4.79 Å². The van der Waals surface area contributed by atoms with Gasteiger partial charge in [0.1, 0.15) is 5.82 Å². The van der Waals surface area contributed by atoms with Crippen LogP contribution < -0.4 is 11.0 Å². The first kappa shape index (κ1) is 19.0. The summed E-state index contributed by atoms with van der Waals surface area (Å²) in [5, 5.41) is 11.6. The Balaban J connectivity index is 1.46. The highest BCUT2D eigenvalue weighted by Crippen LogP contribution is 2.24. The summed E-state index contributed by atoms with van der Waals surface area (Å²) >= 11 is 1.36. The molecule has 0 radical (unpaired) electrons. The standard InChI is InChI=1S/C20H20N6O2S/c1-12(18(27)21-15-8-9-16-17(10-15)23-19(28)22-16)29-20-25-24-13(2)26(20)11-14-6-4-3-5-7-14/h3-10,12H,11H2,1-2H3,(H,21,27)(H2,22,23,28)/t12-/m0/s1. The molecule has 2 heterocycles. The second-order valence-electron chi connectivity index (χ2n) is 6.69. The van der Waals surface area contributed by atoms with E-state index in [2.05, 4.69) is 25.5 Å². The maximum atomic E-state index is 12.7. The lowest BCUT2D eigenvalue weighted by Gasteiger charge is -2.13. The first-order valence-electron chi connectivity index (χ1n) is 9.13. The van der Waals surface area contributed by atoms with Crippen LogP contribution in [-0.4, -0.2) is 35.9 Å². The highest BCUT2D eigenvalue weighted by molar-refractivity contribution is 8.00. The van der Waals surface area contributed by atoms with Crippen molar-refractivity contribution in [3.63, 3.8) is 0 Å². The van der Waals surface area contributed by atoms with Crippen LogP contribution in [0.1, 0.15) is 18.3 Å². The molecule has 9 heteroatoms. The van der Waals surface area contributed by atoms with Crippen molar-refractivity contribution in [2.75, 3.05) is 5.32 Å². The molecule has 2 aromatic carbocycles. The van der Waals surface area contributed by atoms with Crippen LogP contribution in [0.2, 0.25) is 0 Å². The number of hydrogen-bond donors (Lipinski definition) is 3. The Kier molecular flexibility index (Phi) is 5.22. The van der Waals surface area contributed by atoms with Gasteiger partial charge in [0.25, 0.3) is 0 Å². The van der Waals surface area contributed by atoms with Crippen LogP contribution in [0.3, 0.4) is 0 Å². The number of H-pyrrole nitrogens is 2. The smallest absolute Gasteiger partial charge is 0.323 e. The first-order chi connectivity index (χ1) is 14.0. The lowest BCUT2D eigenvalue weighted by molar-refractivity contribution is -0.115. The fourth-order valence-corrected chi connectivity index (χ4v) is 3.86. The van der Waals surface area contributed by atoms with Gasteiger partial charge in [-0.1, -0.05) is 42.1 Å². The van der Waals surface area contributed by atoms with E-state index in [0.717, 1.165) is 11.4 Å². The van der Waals surface area contributed by atoms with Gasteiger partial charge < -0.3 is 19.9 Å². The third-order valence-electron chi connectivity index (χ3n) is 4.52. The minimum atomic E-state index is -0.380. The van der Waals surface area contributed by atoms with E-state index in [-0.39, 0.29) is 16.8 Å². The van der Waals surface area contributed by atoms with Crippen molar-refractivity contribution in [2.24, 2.45) is 0 Å². The summed E-state index contributed by atoms with van der Waals surface area (Å²) in [6, 6.07) is 15.3. The number of nitrogens with one attached hydrogen (secondary N) is 3. The number of anilines is 1. The molecule has 4 rings (SSSR count). The van der Waals surface area contributed by atoms with Crippen molar-refractivity contribution in [3.05, 3.63) is 70.4 Å². The van der Waals surface area contributed by atoms with Gasteiger partial charge in [0, 0.05) is 5.69 Å². The maximum Gasteiger partial charge on any atom is 0.323 e. The van der Waals surface area contributed by atoms with Gasteiger partial charge in [-0.3, -0.25) is 4.79 Å². The number of amides is 1. The fourth-order valence-electron chi connectivity index (χ4n) is 2.96. The number of aryl methyl sites for hydroxylation is 1.